The predicted molar refractivity (Wildman–Crippen MR) is 143 cm³/mol. The molecule has 4 fully saturated rings. The fraction of sp³-hybridized carbons (Fsp3) is 0.571. The summed E-state index contributed by atoms with van der Waals surface area (Å²) in [6.45, 7) is 8.85. The fourth-order valence-electron chi connectivity index (χ4n) is 7.81. The summed E-state index contributed by atoms with van der Waals surface area (Å²) in [5, 5.41) is 5.11. The van der Waals surface area contributed by atoms with Gasteiger partial charge in [-0.25, -0.2) is 0 Å². The van der Waals surface area contributed by atoms with Gasteiger partial charge < -0.3 is 14.8 Å². The Kier molecular flexibility index (Phi) is 6.68. The van der Waals surface area contributed by atoms with Crippen LogP contribution in [0.3, 0.4) is 0 Å². The second-order valence-corrected chi connectivity index (χ2v) is 13.3. The molecule has 0 radical (unpaired) electrons. The van der Waals surface area contributed by atoms with Crippen molar-refractivity contribution in [3.63, 3.8) is 0 Å². The Bertz CT molecular complexity index is 1070. The molecule has 184 valence electrons. The Hall–Kier alpha value is -0.940. The van der Waals surface area contributed by atoms with Crippen molar-refractivity contribution in [3.8, 4) is 11.5 Å². The van der Waals surface area contributed by atoms with Gasteiger partial charge in [0, 0.05) is 16.6 Å². The molecule has 0 amide bonds. The third-order valence-corrected chi connectivity index (χ3v) is 9.55. The van der Waals surface area contributed by atoms with Crippen molar-refractivity contribution in [2.75, 3.05) is 6.61 Å². The minimum Gasteiger partial charge on any atom is -0.490 e. The van der Waals surface area contributed by atoms with E-state index in [1.165, 1.54) is 44.1 Å². The highest BCUT2D eigenvalue weighted by atomic mass is 79.9. The molecule has 0 heterocycles. The minimum atomic E-state index is 0.261. The van der Waals surface area contributed by atoms with Crippen molar-refractivity contribution in [2.24, 2.45) is 16.7 Å². The van der Waals surface area contributed by atoms with E-state index >= 15 is 0 Å². The van der Waals surface area contributed by atoms with Crippen LogP contribution in [0.1, 0.15) is 70.4 Å². The Morgan fingerprint density at radius 2 is 1.65 bits per heavy atom. The van der Waals surface area contributed by atoms with Gasteiger partial charge >= 0.3 is 0 Å². The molecule has 6 heteroatoms. The molecular weight excluding hydrogens is 533 g/mol. The fourth-order valence-corrected chi connectivity index (χ4v) is 8.60. The third-order valence-electron chi connectivity index (χ3n) is 8.07. The monoisotopic (exact) mass is 565 g/mol. The largest absolute Gasteiger partial charge is 0.490 e. The molecule has 2 unspecified atom stereocenters. The lowest BCUT2D eigenvalue weighted by Gasteiger charge is -2.65. The zero-order valence-electron chi connectivity index (χ0n) is 20.3. The van der Waals surface area contributed by atoms with Gasteiger partial charge in [0.2, 0.25) is 0 Å². The van der Waals surface area contributed by atoms with Gasteiger partial charge in [-0.1, -0.05) is 59.0 Å². The highest BCUT2D eigenvalue weighted by molar-refractivity contribution is 9.10. The zero-order valence-corrected chi connectivity index (χ0v) is 23.4. The van der Waals surface area contributed by atoms with Gasteiger partial charge in [0.25, 0.3) is 0 Å². The molecular formula is C28H34BrCl2NO2. The average molecular weight is 567 g/mol. The van der Waals surface area contributed by atoms with Crippen LogP contribution in [0.15, 0.2) is 34.8 Å². The molecule has 4 bridgehead atoms. The summed E-state index contributed by atoms with van der Waals surface area (Å²) in [6.07, 6.45) is 8.13. The quantitative estimate of drug-likeness (QED) is 0.347. The standard InChI is InChI=1S/C28H34BrCl2NO2/c1-4-33-24-8-20(21(29)9-25(24)34-14-18-5-6-22(30)23(31)7-18)13-32-28-12-19-10-26(2,16-28)15-27(3,11-19)17-28/h5-9,19,32H,4,10-17H2,1-3H3. The van der Waals surface area contributed by atoms with Crippen molar-refractivity contribution in [1.29, 1.82) is 0 Å². The number of rotatable bonds is 8. The van der Waals surface area contributed by atoms with Gasteiger partial charge in [-0.3, -0.25) is 0 Å². The van der Waals surface area contributed by atoms with Crippen LogP contribution in [0.2, 0.25) is 10.0 Å². The van der Waals surface area contributed by atoms with E-state index < -0.39 is 0 Å². The summed E-state index contributed by atoms with van der Waals surface area (Å²) in [6, 6.07) is 9.71. The molecule has 2 aromatic rings. The summed E-state index contributed by atoms with van der Waals surface area (Å²) in [5.41, 5.74) is 3.42. The van der Waals surface area contributed by atoms with Crippen LogP contribution in [0.4, 0.5) is 0 Å². The lowest BCUT2D eigenvalue weighted by atomic mass is 9.43. The van der Waals surface area contributed by atoms with Crippen LogP contribution in [0.25, 0.3) is 0 Å². The molecule has 6 rings (SSSR count). The van der Waals surface area contributed by atoms with Crippen LogP contribution in [0.5, 0.6) is 11.5 Å². The molecule has 34 heavy (non-hydrogen) atoms. The number of nitrogens with one attached hydrogen (secondary N) is 1. The number of hydrogen-bond donors (Lipinski definition) is 1. The lowest BCUT2D eigenvalue weighted by Crippen LogP contribution is -2.63. The van der Waals surface area contributed by atoms with E-state index in [1.54, 1.807) is 6.07 Å². The first-order chi connectivity index (χ1) is 16.1. The Labute approximate surface area is 222 Å². The van der Waals surface area contributed by atoms with Crippen LogP contribution >= 0.6 is 39.1 Å². The summed E-state index contributed by atoms with van der Waals surface area (Å²) in [7, 11) is 0. The molecule has 2 aromatic carbocycles. The normalized spacial score (nSPS) is 31.6. The number of hydrogen-bond acceptors (Lipinski definition) is 3. The maximum Gasteiger partial charge on any atom is 0.162 e. The van der Waals surface area contributed by atoms with Crippen LogP contribution in [-0.2, 0) is 13.2 Å². The van der Waals surface area contributed by atoms with Crippen LogP contribution in [-0.4, -0.2) is 12.1 Å². The molecule has 4 aliphatic rings. The smallest absolute Gasteiger partial charge is 0.162 e. The Morgan fingerprint density at radius 3 is 2.29 bits per heavy atom. The molecule has 4 aliphatic carbocycles. The molecule has 4 saturated carbocycles. The first-order valence-electron chi connectivity index (χ1n) is 12.4. The van der Waals surface area contributed by atoms with Crippen molar-refractivity contribution < 1.29 is 9.47 Å². The Morgan fingerprint density at radius 1 is 0.941 bits per heavy atom. The first-order valence-corrected chi connectivity index (χ1v) is 13.9. The Balaban J connectivity index is 1.32. The van der Waals surface area contributed by atoms with Crippen LogP contribution in [0, 0.1) is 16.7 Å². The number of halogens is 3. The summed E-state index contributed by atoms with van der Waals surface area (Å²) in [5.74, 6) is 2.36. The summed E-state index contributed by atoms with van der Waals surface area (Å²) >= 11 is 16.0. The zero-order chi connectivity index (χ0) is 24.1. The molecule has 3 nitrogen and oxygen atoms in total. The lowest BCUT2D eigenvalue weighted by molar-refractivity contribution is -0.118. The minimum absolute atomic E-state index is 0.261. The first kappa shape index (κ1) is 24.7. The van der Waals surface area contributed by atoms with Crippen LogP contribution < -0.4 is 14.8 Å². The topological polar surface area (TPSA) is 30.5 Å². The molecule has 0 aromatic heterocycles. The summed E-state index contributed by atoms with van der Waals surface area (Å²) in [4.78, 5) is 0. The average Bonchev–Trinajstić information content (AvgIpc) is 2.72. The maximum atomic E-state index is 6.16. The van der Waals surface area contributed by atoms with Gasteiger partial charge in [-0.15, -0.1) is 0 Å². The van der Waals surface area contributed by atoms with E-state index in [4.69, 9.17) is 32.7 Å². The van der Waals surface area contributed by atoms with E-state index in [-0.39, 0.29) is 5.54 Å². The van der Waals surface area contributed by atoms with Gasteiger partial charge in [-0.05, 0) is 97.6 Å². The molecule has 0 aliphatic heterocycles. The maximum absolute atomic E-state index is 6.16. The van der Waals surface area contributed by atoms with Gasteiger partial charge in [0.15, 0.2) is 11.5 Å². The van der Waals surface area contributed by atoms with E-state index in [2.05, 4.69) is 41.2 Å². The molecule has 2 atom stereocenters. The SMILES string of the molecule is CCOc1cc(CNC23CC4CC(C)(CC(C)(C4)C2)C3)c(Br)cc1OCc1ccc(Cl)c(Cl)c1. The van der Waals surface area contributed by atoms with Gasteiger partial charge in [0.1, 0.15) is 6.61 Å². The number of benzene rings is 2. The van der Waals surface area contributed by atoms with Crippen molar-refractivity contribution in [1.82, 2.24) is 5.32 Å². The molecule has 0 spiro atoms. The second-order valence-electron chi connectivity index (χ2n) is 11.6. The van der Waals surface area contributed by atoms with E-state index in [0.717, 1.165) is 34.0 Å². The highest BCUT2D eigenvalue weighted by Gasteiger charge is 2.59. The van der Waals surface area contributed by atoms with E-state index in [0.29, 0.717) is 34.1 Å². The van der Waals surface area contributed by atoms with Gasteiger partial charge in [-0.2, -0.15) is 0 Å². The van der Waals surface area contributed by atoms with Gasteiger partial charge in [0.05, 0.1) is 16.7 Å². The van der Waals surface area contributed by atoms with Crippen molar-refractivity contribution in [2.45, 2.75) is 78.0 Å². The van der Waals surface area contributed by atoms with Crippen molar-refractivity contribution in [3.05, 3.63) is 56.0 Å². The van der Waals surface area contributed by atoms with E-state index in [1.807, 2.05) is 25.1 Å². The second kappa shape index (κ2) is 9.18. The highest BCUT2D eigenvalue weighted by Crippen LogP contribution is 2.66. The molecule has 1 N–H and O–H groups in total. The third kappa shape index (κ3) is 4.98. The number of ether oxygens (including phenoxy) is 2. The summed E-state index contributed by atoms with van der Waals surface area (Å²) < 4.78 is 13.1. The molecule has 0 saturated heterocycles. The predicted octanol–water partition coefficient (Wildman–Crippen LogP) is 8.57. The van der Waals surface area contributed by atoms with Crippen molar-refractivity contribution >= 4 is 39.1 Å². The van der Waals surface area contributed by atoms with E-state index in [9.17, 15) is 0 Å².